The molecule has 8 heteroatoms. The van der Waals surface area contributed by atoms with Crippen molar-refractivity contribution >= 4 is 0 Å². The van der Waals surface area contributed by atoms with Gasteiger partial charge in [0.1, 0.15) is 0 Å². The number of alkyl halides is 3. The van der Waals surface area contributed by atoms with E-state index in [1.54, 1.807) is 36.4 Å². The maximum Gasteiger partial charge on any atom is 0.573 e. The second kappa shape index (κ2) is 11.6. The third-order valence-corrected chi connectivity index (χ3v) is 6.82. The minimum atomic E-state index is -4.96. The Kier molecular flexibility index (Phi) is 8.47. The minimum absolute atomic E-state index is 0.0263. The summed E-state index contributed by atoms with van der Waals surface area (Å²) in [7, 11) is 0. The van der Waals surface area contributed by atoms with Gasteiger partial charge in [0.2, 0.25) is 0 Å². The first-order valence-corrected chi connectivity index (χ1v) is 12.4. The first kappa shape index (κ1) is 27.0. The van der Waals surface area contributed by atoms with Crippen LogP contribution in [-0.4, -0.2) is 19.1 Å². The predicted octanol–water partition coefficient (Wildman–Crippen LogP) is 8.52. The molecule has 0 atom stereocenters. The van der Waals surface area contributed by atoms with Crippen molar-refractivity contribution < 1.29 is 35.8 Å². The molecule has 3 aromatic carbocycles. The molecule has 37 heavy (non-hydrogen) atoms. The fourth-order valence-corrected chi connectivity index (χ4v) is 4.93. The van der Waals surface area contributed by atoms with Crippen molar-refractivity contribution in [2.45, 2.75) is 63.8 Å². The van der Waals surface area contributed by atoms with Gasteiger partial charge in [0, 0.05) is 12.2 Å². The number of rotatable bonds is 8. The number of halogens is 6. The van der Waals surface area contributed by atoms with Crippen molar-refractivity contribution in [3.05, 3.63) is 88.7 Å². The standard InChI is InChI=1S/C29H28F6O2/c1-2-36-22-12-10-21(11-13-22)24-15-14-23(27(31)28(24)32)20-8-5-18(6-9-20)3-4-19-7-16-26(25(30)17-19)37-29(33,34)35/h5-9,14-17,21-22H,2-4,10-13H2,1H3. The quantitative estimate of drug-likeness (QED) is 0.276. The second-order valence-electron chi connectivity index (χ2n) is 9.27. The van der Waals surface area contributed by atoms with E-state index in [1.165, 1.54) is 6.07 Å². The summed E-state index contributed by atoms with van der Waals surface area (Å²) in [6.45, 7) is 2.60. The van der Waals surface area contributed by atoms with Gasteiger partial charge in [-0.05, 0) is 85.8 Å². The van der Waals surface area contributed by atoms with Crippen molar-refractivity contribution in [3.8, 4) is 16.9 Å². The van der Waals surface area contributed by atoms with Gasteiger partial charge in [-0.25, -0.2) is 13.2 Å². The molecule has 0 unspecified atom stereocenters. The van der Waals surface area contributed by atoms with E-state index in [2.05, 4.69) is 4.74 Å². The van der Waals surface area contributed by atoms with E-state index in [1.807, 2.05) is 6.92 Å². The van der Waals surface area contributed by atoms with Crippen molar-refractivity contribution in [2.75, 3.05) is 6.61 Å². The van der Waals surface area contributed by atoms with Crippen LogP contribution in [0.3, 0.4) is 0 Å². The summed E-state index contributed by atoms with van der Waals surface area (Å²) in [5.41, 5.74) is 2.50. The van der Waals surface area contributed by atoms with Crippen LogP contribution in [0.4, 0.5) is 26.3 Å². The summed E-state index contributed by atoms with van der Waals surface area (Å²) in [6.07, 6.45) is -0.717. The van der Waals surface area contributed by atoms with Crippen LogP contribution in [0.5, 0.6) is 5.75 Å². The lowest BCUT2D eigenvalue weighted by Crippen LogP contribution is -2.21. The number of hydrogen-bond acceptors (Lipinski definition) is 2. The summed E-state index contributed by atoms with van der Waals surface area (Å²) < 4.78 is 90.1. The van der Waals surface area contributed by atoms with E-state index in [4.69, 9.17) is 4.74 Å². The molecule has 1 fully saturated rings. The fourth-order valence-electron chi connectivity index (χ4n) is 4.93. The maximum absolute atomic E-state index is 15.0. The third kappa shape index (κ3) is 6.86. The summed E-state index contributed by atoms with van der Waals surface area (Å²) in [5.74, 6) is -3.66. The third-order valence-electron chi connectivity index (χ3n) is 6.82. The summed E-state index contributed by atoms with van der Waals surface area (Å²) in [6, 6.07) is 13.6. The maximum atomic E-state index is 15.0. The van der Waals surface area contributed by atoms with Gasteiger partial charge in [-0.1, -0.05) is 42.5 Å². The molecular formula is C29H28F6O2. The molecule has 4 rings (SSSR count). The van der Waals surface area contributed by atoms with Crippen LogP contribution in [-0.2, 0) is 17.6 Å². The molecule has 0 amide bonds. The molecule has 1 aliphatic rings. The fraction of sp³-hybridized carbons (Fsp3) is 0.379. The van der Waals surface area contributed by atoms with Gasteiger partial charge in [0.05, 0.1) is 6.10 Å². The zero-order valence-electron chi connectivity index (χ0n) is 20.4. The van der Waals surface area contributed by atoms with Crippen molar-refractivity contribution in [1.29, 1.82) is 0 Å². The van der Waals surface area contributed by atoms with Crippen LogP contribution >= 0.6 is 0 Å². The van der Waals surface area contributed by atoms with Crippen LogP contribution in [0.15, 0.2) is 54.6 Å². The van der Waals surface area contributed by atoms with Crippen LogP contribution < -0.4 is 4.74 Å². The zero-order chi connectivity index (χ0) is 26.6. The number of aryl methyl sites for hydroxylation is 2. The van der Waals surface area contributed by atoms with Crippen molar-refractivity contribution in [1.82, 2.24) is 0 Å². The predicted molar refractivity (Wildman–Crippen MR) is 129 cm³/mol. The lowest BCUT2D eigenvalue weighted by atomic mass is 9.82. The van der Waals surface area contributed by atoms with E-state index in [0.29, 0.717) is 36.1 Å². The Balaban J connectivity index is 1.39. The molecule has 0 aromatic heterocycles. The van der Waals surface area contributed by atoms with Crippen molar-refractivity contribution in [3.63, 3.8) is 0 Å². The summed E-state index contributed by atoms with van der Waals surface area (Å²) >= 11 is 0. The zero-order valence-corrected chi connectivity index (χ0v) is 20.4. The second-order valence-corrected chi connectivity index (χ2v) is 9.27. The van der Waals surface area contributed by atoms with Crippen LogP contribution in [0.1, 0.15) is 55.2 Å². The Hall–Kier alpha value is -3.00. The van der Waals surface area contributed by atoms with Crippen molar-refractivity contribution in [2.24, 2.45) is 0 Å². The SMILES string of the molecule is CCOC1CCC(c2ccc(-c3ccc(CCc4ccc(OC(F)(F)F)c(F)c4)cc3)c(F)c2F)CC1. The highest BCUT2D eigenvalue weighted by atomic mass is 19.4. The van der Waals surface area contributed by atoms with E-state index in [0.717, 1.165) is 43.4 Å². The summed E-state index contributed by atoms with van der Waals surface area (Å²) in [5, 5.41) is 0. The first-order valence-electron chi connectivity index (χ1n) is 12.4. The largest absolute Gasteiger partial charge is 0.573 e. The lowest BCUT2D eigenvalue weighted by Gasteiger charge is -2.29. The normalized spacial score (nSPS) is 18.1. The average molecular weight is 523 g/mol. The highest BCUT2D eigenvalue weighted by molar-refractivity contribution is 5.65. The smallest absolute Gasteiger partial charge is 0.403 e. The van der Waals surface area contributed by atoms with E-state index in [9.17, 15) is 17.6 Å². The van der Waals surface area contributed by atoms with Gasteiger partial charge in [0.15, 0.2) is 23.2 Å². The van der Waals surface area contributed by atoms with Crippen LogP contribution in [0.2, 0.25) is 0 Å². The molecule has 2 nitrogen and oxygen atoms in total. The number of benzene rings is 3. The van der Waals surface area contributed by atoms with Gasteiger partial charge in [-0.15, -0.1) is 13.2 Å². The molecular weight excluding hydrogens is 494 g/mol. The molecule has 3 aromatic rings. The first-order chi connectivity index (χ1) is 17.6. The molecule has 0 spiro atoms. The molecule has 1 saturated carbocycles. The van der Waals surface area contributed by atoms with E-state index < -0.39 is 29.6 Å². The molecule has 0 N–H and O–H groups in total. The van der Waals surface area contributed by atoms with Gasteiger partial charge >= 0.3 is 6.36 Å². The topological polar surface area (TPSA) is 18.5 Å². The molecule has 0 aliphatic heterocycles. The Morgan fingerprint density at radius 1 is 0.784 bits per heavy atom. The monoisotopic (exact) mass is 522 g/mol. The van der Waals surface area contributed by atoms with Gasteiger partial charge in [-0.2, -0.15) is 0 Å². The average Bonchev–Trinajstić information content (AvgIpc) is 2.86. The Morgan fingerprint density at radius 3 is 2.05 bits per heavy atom. The molecule has 0 radical (unpaired) electrons. The minimum Gasteiger partial charge on any atom is -0.403 e. The lowest BCUT2D eigenvalue weighted by molar-refractivity contribution is -0.275. The Morgan fingerprint density at radius 2 is 1.43 bits per heavy atom. The van der Waals surface area contributed by atoms with Crippen LogP contribution in [0, 0.1) is 17.5 Å². The molecule has 198 valence electrons. The van der Waals surface area contributed by atoms with Gasteiger partial charge in [-0.3, -0.25) is 0 Å². The van der Waals surface area contributed by atoms with Gasteiger partial charge < -0.3 is 9.47 Å². The highest BCUT2D eigenvalue weighted by Gasteiger charge is 2.32. The number of hydrogen-bond donors (Lipinski definition) is 0. The number of ether oxygens (including phenoxy) is 2. The Bertz CT molecular complexity index is 1200. The van der Waals surface area contributed by atoms with E-state index in [-0.39, 0.29) is 17.6 Å². The summed E-state index contributed by atoms with van der Waals surface area (Å²) in [4.78, 5) is 0. The Labute approximate surface area is 212 Å². The van der Waals surface area contributed by atoms with E-state index >= 15 is 8.78 Å². The molecule has 0 saturated heterocycles. The molecule has 0 bridgehead atoms. The molecule has 0 heterocycles. The highest BCUT2D eigenvalue weighted by Crippen LogP contribution is 2.38. The molecule has 1 aliphatic carbocycles. The van der Waals surface area contributed by atoms with Gasteiger partial charge in [0.25, 0.3) is 0 Å². The van der Waals surface area contributed by atoms with Crippen LogP contribution in [0.25, 0.3) is 11.1 Å².